The number of nitrogens with zero attached hydrogens (tertiary/aromatic N) is 3. The number of allylic oxidation sites excluding steroid dienone is 4. The van der Waals surface area contributed by atoms with Crippen LogP contribution in [0, 0.1) is 0 Å². The number of para-hydroxylation sites is 4. The lowest BCUT2D eigenvalue weighted by Gasteiger charge is -2.14. The highest BCUT2D eigenvalue weighted by atomic mass is 16.3. The topological polar surface area (TPSA) is 27.4 Å². The van der Waals surface area contributed by atoms with Crippen LogP contribution in [0.15, 0.2) is 253 Å². The molecule has 0 aliphatic heterocycles. The van der Waals surface area contributed by atoms with Gasteiger partial charge in [0.2, 0.25) is 0 Å². The summed E-state index contributed by atoms with van der Waals surface area (Å²) < 4.78 is 13.7. The van der Waals surface area contributed by atoms with E-state index in [0.29, 0.717) is 0 Å². The second kappa shape index (κ2) is 15.7. The van der Waals surface area contributed by atoms with Gasteiger partial charge in [0.1, 0.15) is 11.2 Å². The Morgan fingerprint density at radius 2 is 0.795 bits per heavy atom. The minimum absolute atomic E-state index is 0.907. The Hall–Kier alpha value is -10.2. The highest BCUT2D eigenvalue weighted by molar-refractivity contribution is 6.27. The van der Waals surface area contributed by atoms with Crippen molar-refractivity contribution in [1.82, 2.24) is 13.5 Å². The third-order valence-electron chi connectivity index (χ3n) is 17.3. The molecule has 17 aromatic rings. The van der Waals surface area contributed by atoms with Crippen molar-refractivity contribution in [1.29, 1.82) is 0 Å². The molecule has 362 valence electrons. The Morgan fingerprint density at radius 1 is 0.308 bits per heavy atom. The molecule has 4 nitrogen and oxygen atoms in total. The molecule has 0 unspecified atom stereocenters. The zero-order valence-corrected chi connectivity index (χ0v) is 42.3. The van der Waals surface area contributed by atoms with E-state index in [-0.39, 0.29) is 0 Å². The van der Waals surface area contributed by atoms with Gasteiger partial charge in [0.25, 0.3) is 0 Å². The molecule has 18 rings (SSSR count). The first kappa shape index (κ1) is 42.1. The number of hydrogen-bond acceptors (Lipinski definition) is 1. The van der Waals surface area contributed by atoms with Gasteiger partial charge in [-0.05, 0) is 189 Å². The molecule has 1 aliphatic rings. The normalized spacial score (nSPS) is 13.3. The largest absolute Gasteiger partial charge is 0.456 e. The van der Waals surface area contributed by atoms with Gasteiger partial charge in [-0.2, -0.15) is 0 Å². The Morgan fingerprint density at radius 3 is 1.45 bits per heavy atom. The minimum atomic E-state index is 0.907. The fourth-order valence-corrected chi connectivity index (χ4v) is 13.7. The molecule has 4 heteroatoms. The van der Waals surface area contributed by atoms with E-state index in [2.05, 4.69) is 256 Å². The van der Waals surface area contributed by atoms with Crippen molar-refractivity contribution >= 4 is 131 Å². The van der Waals surface area contributed by atoms with Gasteiger partial charge in [-0.15, -0.1) is 0 Å². The van der Waals surface area contributed by atoms with Gasteiger partial charge >= 0.3 is 0 Å². The first-order valence-corrected chi connectivity index (χ1v) is 27.2. The summed E-state index contributed by atoms with van der Waals surface area (Å²) in [6.07, 6.45) is 8.84. The van der Waals surface area contributed by atoms with E-state index in [1.165, 1.54) is 148 Å². The van der Waals surface area contributed by atoms with Crippen LogP contribution in [0.3, 0.4) is 0 Å². The summed E-state index contributed by atoms with van der Waals surface area (Å²) >= 11 is 0. The number of fused-ring (bicyclic) bond motifs is 17. The van der Waals surface area contributed by atoms with Gasteiger partial charge < -0.3 is 18.0 Å². The van der Waals surface area contributed by atoms with Crippen LogP contribution in [-0.4, -0.2) is 13.5 Å². The van der Waals surface area contributed by atoms with Crippen LogP contribution in [0.1, 0.15) is 12.8 Å². The van der Waals surface area contributed by atoms with E-state index in [1.807, 2.05) is 6.07 Å². The number of aromatic nitrogens is 3. The fraction of sp³-hybridized carbons (Fsp3) is 0.0270. The van der Waals surface area contributed by atoms with Crippen molar-refractivity contribution in [2.45, 2.75) is 12.8 Å². The van der Waals surface area contributed by atoms with Crippen molar-refractivity contribution in [2.24, 2.45) is 0 Å². The monoisotopic (exact) mass is 991 g/mol. The first-order chi connectivity index (χ1) is 38.6. The molecule has 0 atom stereocenters. The summed E-state index contributed by atoms with van der Waals surface area (Å²) in [6.45, 7) is 0. The maximum atomic E-state index is 6.32. The SMILES string of the molecule is C1=CCCC(n2c3ccccc3c3cc(-c4ccc5cc6c7cc(-c8ccc9oc%10ccccc%10c9c8)cc8c9cc%10ccc(-c%11ccc%12c(c%11)c%11ccccc%11n%12-c%11ccccc%11)cc%10cc9n(c6cc5c4)c78)ccc32)=C1. The van der Waals surface area contributed by atoms with Gasteiger partial charge in [0.15, 0.2) is 0 Å². The van der Waals surface area contributed by atoms with Crippen LogP contribution < -0.4 is 0 Å². The van der Waals surface area contributed by atoms with E-state index in [4.69, 9.17) is 4.42 Å². The summed E-state index contributed by atoms with van der Waals surface area (Å²) in [4.78, 5) is 0. The van der Waals surface area contributed by atoms with Gasteiger partial charge in [-0.1, -0.05) is 127 Å². The quantitative estimate of drug-likeness (QED) is 0.169. The minimum Gasteiger partial charge on any atom is -0.456 e. The smallest absolute Gasteiger partial charge is 0.135 e. The molecule has 78 heavy (non-hydrogen) atoms. The van der Waals surface area contributed by atoms with Crippen LogP contribution in [0.4, 0.5) is 0 Å². The summed E-state index contributed by atoms with van der Waals surface area (Å²) in [5, 5.41) is 17.3. The summed E-state index contributed by atoms with van der Waals surface area (Å²) in [6, 6.07) is 86.2. The molecule has 12 aromatic carbocycles. The molecule has 0 N–H and O–H groups in total. The second-order valence-corrected chi connectivity index (χ2v) is 21.6. The average molecular weight is 992 g/mol. The van der Waals surface area contributed by atoms with Crippen molar-refractivity contribution < 1.29 is 4.42 Å². The zero-order chi connectivity index (χ0) is 50.7. The number of hydrogen-bond donors (Lipinski definition) is 0. The lowest BCUT2D eigenvalue weighted by molar-refractivity contribution is 0.669. The Balaban J connectivity index is 0.841. The fourth-order valence-electron chi connectivity index (χ4n) is 13.7. The highest BCUT2D eigenvalue weighted by Crippen LogP contribution is 2.46. The molecule has 0 saturated heterocycles. The molecule has 5 aromatic heterocycles. The van der Waals surface area contributed by atoms with E-state index in [1.54, 1.807) is 0 Å². The molecule has 0 amide bonds. The Bertz CT molecular complexity index is 5500. The molecular formula is C74H45N3O. The van der Waals surface area contributed by atoms with Gasteiger partial charge in [-0.25, -0.2) is 0 Å². The van der Waals surface area contributed by atoms with Gasteiger partial charge in [0, 0.05) is 65.2 Å². The summed E-state index contributed by atoms with van der Waals surface area (Å²) in [5.41, 5.74) is 20.2. The molecular weight excluding hydrogens is 947 g/mol. The zero-order valence-electron chi connectivity index (χ0n) is 42.3. The molecule has 0 spiro atoms. The number of benzene rings is 12. The number of furan rings is 1. The molecule has 0 fully saturated rings. The highest BCUT2D eigenvalue weighted by Gasteiger charge is 2.23. The third-order valence-corrected chi connectivity index (χ3v) is 17.3. The first-order valence-electron chi connectivity index (χ1n) is 27.2. The van der Waals surface area contributed by atoms with Crippen molar-refractivity contribution in [3.05, 3.63) is 249 Å². The average Bonchev–Trinajstić information content (AvgIpc) is 4.43. The summed E-state index contributed by atoms with van der Waals surface area (Å²) in [5.74, 6) is 0. The van der Waals surface area contributed by atoms with Crippen LogP contribution >= 0.6 is 0 Å². The van der Waals surface area contributed by atoms with Crippen molar-refractivity contribution in [3.8, 4) is 39.1 Å². The molecule has 0 bridgehead atoms. The summed E-state index contributed by atoms with van der Waals surface area (Å²) in [7, 11) is 0. The lowest BCUT2D eigenvalue weighted by Crippen LogP contribution is -1.98. The number of rotatable bonds is 5. The van der Waals surface area contributed by atoms with Crippen molar-refractivity contribution in [3.63, 3.8) is 0 Å². The van der Waals surface area contributed by atoms with Gasteiger partial charge in [0.05, 0.1) is 38.6 Å². The van der Waals surface area contributed by atoms with E-state index >= 15 is 0 Å². The lowest BCUT2D eigenvalue weighted by atomic mass is 9.95. The Labute approximate surface area is 447 Å². The van der Waals surface area contributed by atoms with Crippen LogP contribution in [0.5, 0.6) is 0 Å². The van der Waals surface area contributed by atoms with E-state index in [9.17, 15) is 0 Å². The standard InChI is InChI=1S/C74H45N3O/c1-3-13-54(14-4-1)75-66-20-10-7-17-56(66)59-35-46(27-30-68(59)75)44-23-25-48-37-61-64-40-53(50-29-32-73-63(39-50)58-19-9-12-22-72(58)78-73)41-65-62-38-49-26-24-45(34-52(49)43-71(62)77(74(64)65)70(61)42-51(48)33-44)47-28-31-69-60(36-47)57-18-8-11-21-67(57)76(69)55-15-5-2-6-16-55/h1-5,7-15,17-43H,6,16H2. The second-order valence-electron chi connectivity index (χ2n) is 21.6. The van der Waals surface area contributed by atoms with Gasteiger partial charge in [-0.3, -0.25) is 0 Å². The molecule has 5 heterocycles. The van der Waals surface area contributed by atoms with Crippen LogP contribution in [-0.2, 0) is 0 Å². The van der Waals surface area contributed by atoms with E-state index in [0.717, 1.165) is 34.8 Å². The molecule has 0 saturated carbocycles. The molecule has 0 radical (unpaired) electrons. The molecule has 1 aliphatic carbocycles. The van der Waals surface area contributed by atoms with Crippen LogP contribution in [0.2, 0.25) is 0 Å². The maximum absolute atomic E-state index is 6.32. The predicted octanol–water partition coefficient (Wildman–Crippen LogP) is 20.4. The third kappa shape index (κ3) is 5.94. The van der Waals surface area contributed by atoms with Crippen LogP contribution in [0.25, 0.3) is 170 Å². The Kier molecular flexibility index (Phi) is 8.48. The predicted molar refractivity (Wildman–Crippen MR) is 330 cm³/mol. The van der Waals surface area contributed by atoms with E-state index < -0.39 is 0 Å². The maximum Gasteiger partial charge on any atom is 0.135 e. The van der Waals surface area contributed by atoms with Crippen molar-refractivity contribution in [2.75, 3.05) is 0 Å².